The van der Waals surface area contributed by atoms with Gasteiger partial charge in [0.25, 0.3) is 0 Å². The van der Waals surface area contributed by atoms with Gasteiger partial charge in [0.2, 0.25) is 11.8 Å². The maximum Gasteiger partial charge on any atom is 0.408 e. The first-order chi connectivity index (χ1) is 15.9. The zero-order valence-corrected chi connectivity index (χ0v) is 22.9. The highest BCUT2D eigenvalue weighted by atomic mass is 16.6. The Bertz CT molecular complexity index is 945. The zero-order chi connectivity index (χ0) is 26.9. The highest BCUT2D eigenvalue weighted by Gasteiger charge is 2.49. The summed E-state index contributed by atoms with van der Waals surface area (Å²) in [5.74, 6) is -0.543. The Morgan fingerprint density at radius 1 is 1.11 bits per heavy atom. The van der Waals surface area contributed by atoms with Crippen molar-refractivity contribution in [2.75, 3.05) is 0 Å². The summed E-state index contributed by atoms with van der Waals surface area (Å²) in [7, 11) is 0. The van der Waals surface area contributed by atoms with Gasteiger partial charge in [-0.3, -0.25) is 9.59 Å². The second-order valence-electron chi connectivity index (χ2n) is 12.1. The van der Waals surface area contributed by atoms with E-state index in [1.807, 2.05) is 41.5 Å². The van der Waals surface area contributed by atoms with E-state index in [1.165, 1.54) is 0 Å². The summed E-state index contributed by atoms with van der Waals surface area (Å²) in [6.45, 7) is 18.4. The molecule has 8 nitrogen and oxygen atoms in total. The number of amides is 3. The van der Waals surface area contributed by atoms with Crippen LogP contribution in [0.2, 0.25) is 0 Å². The van der Waals surface area contributed by atoms with Crippen LogP contribution in [0, 0.1) is 18.8 Å². The van der Waals surface area contributed by atoms with E-state index in [-0.39, 0.29) is 35.4 Å². The minimum atomic E-state index is -0.919. The van der Waals surface area contributed by atoms with Crippen LogP contribution >= 0.6 is 0 Å². The molecule has 1 aliphatic rings. The number of carbonyl (C=O) groups excluding carboxylic acids is 3. The third kappa shape index (κ3) is 7.87. The van der Waals surface area contributed by atoms with E-state index < -0.39 is 29.3 Å². The van der Waals surface area contributed by atoms with Crippen LogP contribution in [-0.4, -0.2) is 51.1 Å². The van der Waals surface area contributed by atoms with Gasteiger partial charge in [0.15, 0.2) is 0 Å². The zero-order valence-electron chi connectivity index (χ0n) is 22.9. The van der Waals surface area contributed by atoms with Gasteiger partial charge in [0.1, 0.15) is 23.4 Å². The molecule has 0 radical (unpaired) electrons. The molecule has 0 bridgehead atoms. The fraction of sp³-hybridized carbons (Fsp3) is 0.667. The van der Waals surface area contributed by atoms with E-state index in [2.05, 4.69) is 10.6 Å². The topological polar surface area (TPSA) is 108 Å². The minimum absolute atomic E-state index is 0.119. The number of rotatable bonds is 7. The van der Waals surface area contributed by atoms with Crippen LogP contribution in [0.25, 0.3) is 0 Å². The smallest absolute Gasteiger partial charge is 0.408 e. The van der Waals surface area contributed by atoms with Crippen LogP contribution in [0.3, 0.4) is 0 Å². The van der Waals surface area contributed by atoms with Crippen LogP contribution in [0.1, 0.15) is 85.9 Å². The van der Waals surface area contributed by atoms with Gasteiger partial charge in [-0.2, -0.15) is 0 Å². The van der Waals surface area contributed by atoms with E-state index >= 15 is 0 Å². The maximum atomic E-state index is 14.1. The van der Waals surface area contributed by atoms with E-state index in [0.29, 0.717) is 11.1 Å². The first-order valence-electron chi connectivity index (χ1n) is 12.3. The number of phenolic OH excluding ortho intramolecular Hbond substituents is 1. The summed E-state index contributed by atoms with van der Waals surface area (Å²) in [4.78, 5) is 41.9. The largest absolute Gasteiger partial charge is 0.508 e. The monoisotopic (exact) mass is 489 g/mol. The molecule has 0 heterocycles. The quantitative estimate of drug-likeness (QED) is 0.525. The third-order valence-electron chi connectivity index (χ3n) is 5.85. The second kappa shape index (κ2) is 10.5. The molecule has 0 aliphatic heterocycles. The van der Waals surface area contributed by atoms with Crippen molar-refractivity contribution in [2.24, 2.45) is 11.8 Å². The molecule has 1 saturated carbocycles. The molecule has 2 rings (SSSR count). The number of phenols is 1. The first kappa shape index (κ1) is 28.5. The van der Waals surface area contributed by atoms with Gasteiger partial charge in [0.05, 0.1) is 0 Å². The Hall–Kier alpha value is -2.77. The van der Waals surface area contributed by atoms with Crippen LogP contribution < -0.4 is 10.6 Å². The van der Waals surface area contributed by atoms with Crippen LogP contribution in [0.15, 0.2) is 18.2 Å². The van der Waals surface area contributed by atoms with E-state index in [4.69, 9.17) is 4.74 Å². The molecule has 0 saturated heterocycles. The standard InChI is InChI=1S/C27H43N3O5/c1-15(2)21(28-25(34)35-27(8,9)10)24(33)30(19-14-16(19)3)22(23(32)29-26(5,6)7)18-11-12-20(31)17(4)13-18/h11-13,15-16,19,21-22,31H,14H2,1-10H3,(H,28,34)(H,29,32). The molecular formula is C27H43N3O5. The van der Waals surface area contributed by atoms with Gasteiger partial charge in [-0.25, -0.2) is 4.79 Å². The summed E-state index contributed by atoms with van der Waals surface area (Å²) in [6.07, 6.45) is 0.0869. The Balaban J connectivity index is 2.53. The fourth-order valence-electron chi connectivity index (χ4n) is 4.01. The Morgan fingerprint density at radius 2 is 1.69 bits per heavy atom. The summed E-state index contributed by atoms with van der Waals surface area (Å²) < 4.78 is 5.40. The van der Waals surface area contributed by atoms with E-state index in [0.717, 1.165) is 6.42 Å². The minimum Gasteiger partial charge on any atom is -0.508 e. The van der Waals surface area contributed by atoms with Crippen molar-refractivity contribution in [3.8, 4) is 5.75 Å². The number of nitrogens with zero attached hydrogens (tertiary/aromatic N) is 1. The normalized spacial score (nSPS) is 19.5. The van der Waals surface area contributed by atoms with E-state index in [1.54, 1.807) is 50.8 Å². The molecule has 196 valence electrons. The van der Waals surface area contributed by atoms with E-state index in [9.17, 15) is 19.5 Å². The molecule has 4 unspecified atom stereocenters. The van der Waals surface area contributed by atoms with Crippen LogP contribution in [0.4, 0.5) is 4.79 Å². The molecule has 35 heavy (non-hydrogen) atoms. The van der Waals surface area contributed by atoms with Crippen molar-refractivity contribution in [3.63, 3.8) is 0 Å². The average Bonchev–Trinajstić information content (AvgIpc) is 3.38. The SMILES string of the molecule is Cc1cc(C(C(=O)NC(C)(C)C)N(C(=O)C(NC(=O)OC(C)(C)C)C(C)C)C2CC2C)ccc1O. The summed E-state index contributed by atoms with van der Waals surface area (Å²) in [5, 5.41) is 15.8. The number of nitrogens with one attached hydrogen (secondary N) is 2. The predicted octanol–water partition coefficient (Wildman–Crippen LogP) is 4.44. The lowest BCUT2D eigenvalue weighted by Crippen LogP contribution is -2.57. The van der Waals surface area contributed by atoms with Crippen molar-refractivity contribution in [1.29, 1.82) is 0 Å². The Kier molecular flexibility index (Phi) is 8.51. The number of carbonyl (C=O) groups is 3. The van der Waals surface area contributed by atoms with Gasteiger partial charge in [-0.1, -0.05) is 26.8 Å². The van der Waals surface area contributed by atoms with Crippen molar-refractivity contribution in [3.05, 3.63) is 29.3 Å². The number of aryl methyl sites for hydroxylation is 1. The van der Waals surface area contributed by atoms with Gasteiger partial charge in [0, 0.05) is 11.6 Å². The van der Waals surface area contributed by atoms with Crippen molar-refractivity contribution in [1.82, 2.24) is 15.5 Å². The maximum absolute atomic E-state index is 14.1. The number of hydrogen-bond acceptors (Lipinski definition) is 5. The van der Waals surface area contributed by atoms with Crippen molar-refractivity contribution < 1.29 is 24.2 Å². The highest BCUT2D eigenvalue weighted by Crippen LogP contribution is 2.41. The summed E-state index contributed by atoms with van der Waals surface area (Å²) >= 11 is 0. The number of benzene rings is 1. The van der Waals surface area contributed by atoms with Crippen molar-refractivity contribution in [2.45, 2.75) is 105 Å². The molecule has 8 heteroatoms. The summed E-state index contributed by atoms with van der Waals surface area (Å²) in [6, 6.07) is 3.02. The van der Waals surface area contributed by atoms with Crippen molar-refractivity contribution >= 4 is 17.9 Å². The molecular weight excluding hydrogens is 446 g/mol. The number of ether oxygens (including phenoxy) is 1. The number of alkyl carbamates (subject to hydrolysis) is 1. The molecule has 0 aromatic heterocycles. The fourth-order valence-corrected chi connectivity index (χ4v) is 4.01. The summed E-state index contributed by atoms with van der Waals surface area (Å²) in [5.41, 5.74) is -0.0102. The van der Waals surface area contributed by atoms with Gasteiger partial charge < -0.3 is 25.4 Å². The predicted molar refractivity (Wildman–Crippen MR) is 136 cm³/mol. The molecule has 1 aliphatic carbocycles. The molecule has 1 aromatic carbocycles. The van der Waals surface area contributed by atoms with Crippen LogP contribution in [0.5, 0.6) is 5.75 Å². The Morgan fingerprint density at radius 3 is 2.11 bits per heavy atom. The van der Waals surface area contributed by atoms with Gasteiger partial charge in [-0.15, -0.1) is 0 Å². The molecule has 4 atom stereocenters. The molecule has 0 spiro atoms. The second-order valence-corrected chi connectivity index (χ2v) is 12.1. The van der Waals surface area contributed by atoms with Gasteiger partial charge in [-0.05, 0) is 90.0 Å². The lowest BCUT2D eigenvalue weighted by molar-refractivity contribution is -0.144. The molecule has 3 N–H and O–H groups in total. The third-order valence-corrected chi connectivity index (χ3v) is 5.85. The van der Waals surface area contributed by atoms with Crippen LogP contribution in [-0.2, 0) is 14.3 Å². The molecule has 1 aromatic rings. The molecule has 3 amide bonds. The first-order valence-corrected chi connectivity index (χ1v) is 12.3. The number of aromatic hydroxyl groups is 1. The number of hydrogen-bond donors (Lipinski definition) is 3. The van der Waals surface area contributed by atoms with Gasteiger partial charge >= 0.3 is 6.09 Å². The highest BCUT2D eigenvalue weighted by molar-refractivity contribution is 5.93. The molecule has 1 fully saturated rings. The Labute approximate surface area is 209 Å². The lowest BCUT2D eigenvalue weighted by atomic mass is 9.96. The lowest BCUT2D eigenvalue weighted by Gasteiger charge is -2.37. The average molecular weight is 490 g/mol.